The van der Waals surface area contributed by atoms with Gasteiger partial charge in [0.05, 0.1) is 6.54 Å². The van der Waals surface area contributed by atoms with Gasteiger partial charge in [-0.05, 0) is 18.2 Å². The topological polar surface area (TPSA) is 64.3 Å². The maximum Gasteiger partial charge on any atom is 0.407 e. The van der Waals surface area contributed by atoms with E-state index in [0.29, 0.717) is 12.3 Å². The van der Waals surface area contributed by atoms with Crippen LogP contribution in [0.15, 0.2) is 27.6 Å². The minimum atomic E-state index is -0.339. The lowest BCUT2D eigenvalue weighted by atomic mass is 10.3. The van der Waals surface area contributed by atoms with Crippen LogP contribution in [0.3, 0.4) is 0 Å². The Labute approximate surface area is 106 Å². The molecule has 3 N–H and O–H groups in total. The summed E-state index contributed by atoms with van der Waals surface area (Å²) in [6.07, 6.45) is -0.407. The average molecular weight is 303 g/mol. The summed E-state index contributed by atoms with van der Waals surface area (Å²) in [5.41, 5.74) is 6.59. The highest BCUT2D eigenvalue weighted by Crippen LogP contribution is 2.28. The van der Waals surface area contributed by atoms with Gasteiger partial charge in [-0.15, -0.1) is 11.8 Å². The second-order valence-corrected chi connectivity index (χ2v) is 5.38. The van der Waals surface area contributed by atoms with E-state index >= 15 is 0 Å². The van der Waals surface area contributed by atoms with Crippen molar-refractivity contribution in [3.63, 3.8) is 0 Å². The molecule has 1 unspecified atom stereocenters. The number of amides is 1. The standard InChI is InChI=1S/C10H11BrN2O2S/c11-6-1-2-9(8(12)3-6)16-5-7-4-13-10(14)15-7/h1-3,7H,4-5,12H2,(H,13,14). The fourth-order valence-electron chi connectivity index (χ4n) is 1.36. The summed E-state index contributed by atoms with van der Waals surface area (Å²) in [6.45, 7) is 0.572. The zero-order chi connectivity index (χ0) is 11.5. The van der Waals surface area contributed by atoms with Crippen LogP contribution in [0.4, 0.5) is 10.5 Å². The van der Waals surface area contributed by atoms with Crippen molar-refractivity contribution < 1.29 is 9.53 Å². The molecule has 1 saturated heterocycles. The van der Waals surface area contributed by atoms with Gasteiger partial charge in [-0.2, -0.15) is 0 Å². The molecule has 0 spiro atoms. The average Bonchev–Trinajstić information content (AvgIpc) is 2.63. The fraction of sp³-hybridized carbons (Fsp3) is 0.300. The number of thioether (sulfide) groups is 1. The van der Waals surface area contributed by atoms with Gasteiger partial charge in [0.15, 0.2) is 0 Å². The lowest BCUT2D eigenvalue weighted by molar-refractivity contribution is 0.150. The van der Waals surface area contributed by atoms with E-state index in [0.717, 1.165) is 15.1 Å². The van der Waals surface area contributed by atoms with Crippen LogP contribution >= 0.6 is 27.7 Å². The zero-order valence-electron chi connectivity index (χ0n) is 8.40. The number of carbonyl (C=O) groups excluding carboxylic acids is 1. The van der Waals surface area contributed by atoms with Gasteiger partial charge >= 0.3 is 6.09 Å². The Kier molecular flexibility index (Phi) is 3.60. The Balaban J connectivity index is 1.92. The molecule has 1 aromatic rings. The molecule has 1 amide bonds. The van der Waals surface area contributed by atoms with Gasteiger partial charge in [0.1, 0.15) is 6.10 Å². The summed E-state index contributed by atoms with van der Waals surface area (Å²) < 4.78 is 5.99. The molecule has 1 aliphatic heterocycles. The molecule has 0 aliphatic carbocycles. The van der Waals surface area contributed by atoms with Crippen molar-refractivity contribution in [1.82, 2.24) is 5.32 Å². The van der Waals surface area contributed by atoms with Crippen molar-refractivity contribution in [2.75, 3.05) is 18.0 Å². The van der Waals surface area contributed by atoms with Crippen molar-refractivity contribution in [2.45, 2.75) is 11.0 Å². The number of rotatable bonds is 3. The monoisotopic (exact) mass is 302 g/mol. The minimum Gasteiger partial charge on any atom is -0.443 e. The summed E-state index contributed by atoms with van der Waals surface area (Å²) in [5, 5.41) is 2.62. The Morgan fingerprint density at radius 3 is 3.06 bits per heavy atom. The highest BCUT2D eigenvalue weighted by Gasteiger charge is 2.22. The van der Waals surface area contributed by atoms with Crippen molar-refractivity contribution in [3.05, 3.63) is 22.7 Å². The quantitative estimate of drug-likeness (QED) is 0.664. The second kappa shape index (κ2) is 4.97. The van der Waals surface area contributed by atoms with Gasteiger partial charge in [-0.3, -0.25) is 0 Å². The van der Waals surface area contributed by atoms with Gasteiger partial charge in [0.25, 0.3) is 0 Å². The molecule has 1 aromatic carbocycles. The molecule has 0 bridgehead atoms. The first kappa shape index (κ1) is 11.6. The van der Waals surface area contributed by atoms with Crippen LogP contribution in [-0.4, -0.2) is 24.5 Å². The maximum atomic E-state index is 10.8. The third kappa shape index (κ3) is 2.82. The number of benzene rings is 1. The molecule has 1 fully saturated rings. The molecule has 0 aromatic heterocycles. The number of hydrogen-bond donors (Lipinski definition) is 2. The van der Waals surface area contributed by atoms with Crippen LogP contribution < -0.4 is 11.1 Å². The van der Waals surface area contributed by atoms with Gasteiger partial charge in [0.2, 0.25) is 0 Å². The number of nitrogens with one attached hydrogen (secondary N) is 1. The smallest absolute Gasteiger partial charge is 0.407 e. The molecule has 4 nitrogen and oxygen atoms in total. The van der Waals surface area contributed by atoms with Crippen molar-refractivity contribution >= 4 is 39.5 Å². The van der Waals surface area contributed by atoms with E-state index in [2.05, 4.69) is 21.2 Å². The third-order valence-corrected chi connectivity index (χ3v) is 3.86. The van der Waals surface area contributed by atoms with E-state index in [9.17, 15) is 4.79 Å². The number of ether oxygens (including phenoxy) is 1. The third-order valence-electron chi connectivity index (χ3n) is 2.14. The Morgan fingerprint density at radius 2 is 2.44 bits per heavy atom. The van der Waals surface area contributed by atoms with Crippen LogP contribution in [0.1, 0.15) is 0 Å². The van der Waals surface area contributed by atoms with Crippen LogP contribution in [-0.2, 0) is 4.74 Å². The maximum absolute atomic E-state index is 10.8. The number of alkyl carbamates (subject to hydrolysis) is 1. The molecule has 1 heterocycles. The van der Waals surface area contributed by atoms with E-state index < -0.39 is 0 Å². The summed E-state index contributed by atoms with van der Waals surface area (Å²) in [5.74, 6) is 0.713. The summed E-state index contributed by atoms with van der Waals surface area (Å²) in [4.78, 5) is 11.8. The first-order chi connectivity index (χ1) is 7.65. The molecule has 86 valence electrons. The van der Waals surface area contributed by atoms with Crippen LogP contribution in [0.2, 0.25) is 0 Å². The second-order valence-electron chi connectivity index (χ2n) is 3.40. The Morgan fingerprint density at radius 1 is 1.62 bits per heavy atom. The lowest BCUT2D eigenvalue weighted by Crippen LogP contribution is -2.16. The highest BCUT2D eigenvalue weighted by molar-refractivity contribution is 9.10. The van der Waals surface area contributed by atoms with Crippen molar-refractivity contribution in [1.29, 1.82) is 0 Å². The van der Waals surface area contributed by atoms with E-state index in [1.807, 2.05) is 18.2 Å². The highest BCUT2D eigenvalue weighted by atomic mass is 79.9. The molecular weight excluding hydrogens is 292 g/mol. The molecule has 1 atom stereocenters. The number of anilines is 1. The molecule has 0 saturated carbocycles. The van der Waals surface area contributed by atoms with Gasteiger partial charge in [-0.25, -0.2) is 4.79 Å². The van der Waals surface area contributed by atoms with E-state index in [1.54, 1.807) is 11.8 Å². The SMILES string of the molecule is Nc1cc(Br)ccc1SCC1CNC(=O)O1. The number of hydrogen-bond acceptors (Lipinski definition) is 4. The number of halogens is 1. The van der Waals surface area contributed by atoms with Crippen molar-refractivity contribution in [2.24, 2.45) is 0 Å². The van der Waals surface area contributed by atoms with Crippen LogP contribution in [0, 0.1) is 0 Å². The minimum absolute atomic E-state index is 0.0689. The number of carbonyl (C=O) groups is 1. The summed E-state index contributed by atoms with van der Waals surface area (Å²) in [7, 11) is 0. The number of nitrogen functional groups attached to an aromatic ring is 1. The summed E-state index contributed by atoms with van der Waals surface area (Å²) in [6, 6.07) is 5.76. The number of nitrogens with two attached hydrogens (primary N) is 1. The molecule has 6 heteroatoms. The molecule has 16 heavy (non-hydrogen) atoms. The molecular formula is C10H11BrN2O2S. The van der Waals surface area contributed by atoms with E-state index in [-0.39, 0.29) is 12.2 Å². The van der Waals surface area contributed by atoms with Crippen LogP contribution in [0.25, 0.3) is 0 Å². The predicted molar refractivity (Wildman–Crippen MR) is 67.6 cm³/mol. The summed E-state index contributed by atoms with van der Waals surface area (Å²) >= 11 is 4.94. The van der Waals surface area contributed by atoms with E-state index in [4.69, 9.17) is 10.5 Å². The first-order valence-electron chi connectivity index (χ1n) is 4.77. The lowest BCUT2D eigenvalue weighted by Gasteiger charge is -2.09. The fourth-order valence-corrected chi connectivity index (χ4v) is 2.68. The molecule has 2 rings (SSSR count). The molecule has 0 radical (unpaired) electrons. The largest absolute Gasteiger partial charge is 0.443 e. The normalized spacial score (nSPS) is 19.3. The zero-order valence-corrected chi connectivity index (χ0v) is 10.8. The van der Waals surface area contributed by atoms with Crippen LogP contribution in [0.5, 0.6) is 0 Å². The predicted octanol–water partition coefficient (Wildman–Crippen LogP) is 2.23. The van der Waals surface area contributed by atoms with Gasteiger partial charge in [-0.1, -0.05) is 15.9 Å². The molecule has 1 aliphatic rings. The van der Waals surface area contributed by atoms with Crippen molar-refractivity contribution in [3.8, 4) is 0 Å². The number of cyclic esters (lactones) is 1. The van der Waals surface area contributed by atoms with Gasteiger partial charge < -0.3 is 15.8 Å². The Hall–Kier alpha value is -0.880. The van der Waals surface area contributed by atoms with E-state index in [1.165, 1.54) is 0 Å². The Bertz CT molecular complexity index is 414. The van der Waals surface area contributed by atoms with Gasteiger partial charge in [0, 0.05) is 20.8 Å². The first-order valence-corrected chi connectivity index (χ1v) is 6.55.